The number of fused-ring (bicyclic) bond motifs is 2. The van der Waals surface area contributed by atoms with Crippen LogP contribution in [0, 0.1) is 6.92 Å². The molecular formula is C20H20BrN7O. The molecule has 1 amide bonds. The number of aryl methyl sites for hydroxylation is 2. The molecule has 5 rings (SSSR count). The number of benzene rings is 1. The first kappa shape index (κ1) is 18.1. The summed E-state index contributed by atoms with van der Waals surface area (Å²) in [5.41, 5.74) is 2.64. The number of carbonyl (C=O) groups is 1. The van der Waals surface area contributed by atoms with Crippen LogP contribution >= 0.6 is 15.9 Å². The Balaban J connectivity index is 1.40. The van der Waals surface area contributed by atoms with Crippen LogP contribution in [0.5, 0.6) is 0 Å². The molecule has 0 atom stereocenters. The Labute approximate surface area is 175 Å². The SMILES string of the molecule is Cc1cc(N2CCN(C(=O)c3c(Br)c4ccccc4n3C)CC2)n2ncnc2n1. The fraction of sp³-hybridized carbons (Fsp3) is 0.300. The van der Waals surface area contributed by atoms with Gasteiger partial charge in [-0.25, -0.2) is 4.98 Å². The lowest BCUT2D eigenvalue weighted by molar-refractivity contribution is 0.0736. The molecule has 3 aromatic heterocycles. The summed E-state index contributed by atoms with van der Waals surface area (Å²) >= 11 is 3.64. The highest BCUT2D eigenvalue weighted by atomic mass is 79.9. The zero-order valence-electron chi connectivity index (χ0n) is 16.2. The predicted molar refractivity (Wildman–Crippen MR) is 114 cm³/mol. The van der Waals surface area contributed by atoms with Crippen molar-refractivity contribution < 1.29 is 4.79 Å². The van der Waals surface area contributed by atoms with Crippen molar-refractivity contribution in [3.05, 3.63) is 52.5 Å². The summed E-state index contributed by atoms with van der Waals surface area (Å²) in [5.74, 6) is 1.60. The molecule has 148 valence electrons. The first-order valence-corrected chi connectivity index (χ1v) is 10.3. The number of rotatable bonds is 2. The standard InChI is InChI=1S/C20H20BrN7O/c1-13-11-16(28-20(24-13)22-12-23-28)26-7-9-27(10-8-26)19(29)18-17(21)14-5-3-4-6-15(14)25(18)2/h3-6,11-12H,7-10H2,1-2H3. The van der Waals surface area contributed by atoms with E-state index >= 15 is 0 Å². The normalized spacial score (nSPS) is 14.9. The Morgan fingerprint density at radius 2 is 1.90 bits per heavy atom. The fourth-order valence-electron chi connectivity index (χ4n) is 4.01. The maximum atomic E-state index is 13.3. The Kier molecular flexibility index (Phi) is 4.27. The summed E-state index contributed by atoms with van der Waals surface area (Å²) in [5, 5.41) is 5.35. The van der Waals surface area contributed by atoms with Crippen LogP contribution in [0.25, 0.3) is 16.7 Å². The topological polar surface area (TPSA) is 71.6 Å². The molecule has 29 heavy (non-hydrogen) atoms. The summed E-state index contributed by atoms with van der Waals surface area (Å²) in [4.78, 5) is 26.1. The van der Waals surface area contributed by atoms with Crippen molar-refractivity contribution in [2.24, 2.45) is 7.05 Å². The summed E-state index contributed by atoms with van der Waals surface area (Å²) in [6.07, 6.45) is 1.52. The first-order valence-electron chi connectivity index (χ1n) is 9.49. The summed E-state index contributed by atoms with van der Waals surface area (Å²) in [6, 6.07) is 10.1. The van der Waals surface area contributed by atoms with Gasteiger partial charge in [-0.1, -0.05) is 18.2 Å². The lowest BCUT2D eigenvalue weighted by Gasteiger charge is -2.36. The Hall–Kier alpha value is -2.94. The number of hydrogen-bond donors (Lipinski definition) is 0. The highest BCUT2D eigenvalue weighted by Crippen LogP contribution is 2.31. The number of nitrogens with zero attached hydrogens (tertiary/aromatic N) is 7. The van der Waals surface area contributed by atoms with E-state index in [0.29, 0.717) is 24.6 Å². The van der Waals surface area contributed by atoms with Gasteiger partial charge in [-0.15, -0.1) is 0 Å². The lowest BCUT2D eigenvalue weighted by Crippen LogP contribution is -2.49. The molecule has 0 N–H and O–H groups in total. The van der Waals surface area contributed by atoms with Crippen molar-refractivity contribution in [3.8, 4) is 0 Å². The van der Waals surface area contributed by atoms with Crippen LogP contribution in [-0.2, 0) is 7.05 Å². The minimum atomic E-state index is 0.0482. The number of halogens is 1. The molecule has 4 heterocycles. The Bertz CT molecular complexity index is 1200. The van der Waals surface area contributed by atoms with Crippen LogP contribution in [0.3, 0.4) is 0 Å². The third-order valence-corrected chi connectivity index (χ3v) is 6.30. The number of hydrogen-bond acceptors (Lipinski definition) is 5. The van der Waals surface area contributed by atoms with E-state index in [2.05, 4.69) is 35.9 Å². The average Bonchev–Trinajstić information content (AvgIpc) is 3.30. The fourth-order valence-corrected chi connectivity index (χ4v) is 4.78. The van der Waals surface area contributed by atoms with Gasteiger partial charge in [0.15, 0.2) is 0 Å². The third kappa shape index (κ3) is 2.88. The second-order valence-corrected chi connectivity index (χ2v) is 8.04. The van der Waals surface area contributed by atoms with Crippen LogP contribution in [0.2, 0.25) is 0 Å². The second-order valence-electron chi connectivity index (χ2n) is 7.25. The molecule has 1 aliphatic heterocycles. The van der Waals surface area contributed by atoms with Crippen molar-refractivity contribution in [3.63, 3.8) is 0 Å². The molecule has 0 saturated carbocycles. The van der Waals surface area contributed by atoms with Crippen LogP contribution in [0.15, 0.2) is 41.1 Å². The maximum Gasteiger partial charge on any atom is 0.271 e. The third-order valence-electron chi connectivity index (χ3n) is 5.50. The predicted octanol–water partition coefficient (Wildman–Crippen LogP) is 2.65. The van der Waals surface area contributed by atoms with Crippen LogP contribution in [-0.4, -0.2) is 61.1 Å². The van der Waals surface area contributed by atoms with Crippen LogP contribution in [0.4, 0.5) is 5.82 Å². The van der Waals surface area contributed by atoms with Crippen molar-refractivity contribution >= 4 is 44.3 Å². The van der Waals surface area contributed by atoms with E-state index < -0.39 is 0 Å². The molecule has 0 spiro atoms. The van der Waals surface area contributed by atoms with Gasteiger partial charge in [0.2, 0.25) is 0 Å². The van der Waals surface area contributed by atoms with E-state index in [0.717, 1.165) is 40.0 Å². The van der Waals surface area contributed by atoms with Gasteiger partial charge in [0.05, 0.1) is 4.47 Å². The van der Waals surface area contributed by atoms with Crippen LogP contribution < -0.4 is 4.90 Å². The first-order chi connectivity index (χ1) is 14.0. The van der Waals surface area contributed by atoms with Gasteiger partial charge < -0.3 is 14.4 Å². The number of para-hydroxylation sites is 1. The lowest BCUT2D eigenvalue weighted by atomic mass is 10.2. The zero-order chi connectivity index (χ0) is 20.1. The van der Waals surface area contributed by atoms with Gasteiger partial charge >= 0.3 is 0 Å². The molecule has 9 heteroatoms. The number of carbonyl (C=O) groups excluding carboxylic acids is 1. The molecule has 1 aromatic carbocycles. The molecule has 1 aliphatic rings. The van der Waals surface area contributed by atoms with Gasteiger partial charge in [0, 0.05) is 55.9 Å². The molecule has 0 radical (unpaired) electrons. The number of piperazine rings is 1. The highest BCUT2D eigenvalue weighted by Gasteiger charge is 2.28. The zero-order valence-corrected chi connectivity index (χ0v) is 17.8. The summed E-state index contributed by atoms with van der Waals surface area (Å²) in [7, 11) is 1.94. The number of aromatic nitrogens is 5. The van der Waals surface area contributed by atoms with E-state index in [-0.39, 0.29) is 5.91 Å². The average molecular weight is 454 g/mol. The van der Waals surface area contributed by atoms with Crippen molar-refractivity contribution in [2.45, 2.75) is 6.92 Å². The van der Waals surface area contributed by atoms with Crippen LogP contribution in [0.1, 0.15) is 16.2 Å². The van der Waals surface area contributed by atoms with E-state index in [1.165, 1.54) is 6.33 Å². The summed E-state index contributed by atoms with van der Waals surface area (Å²) in [6.45, 7) is 4.70. The maximum absolute atomic E-state index is 13.3. The minimum absolute atomic E-state index is 0.0482. The molecule has 1 fully saturated rings. The van der Waals surface area contributed by atoms with E-state index in [9.17, 15) is 4.79 Å². The molecule has 0 bridgehead atoms. The van der Waals surface area contributed by atoms with Crippen molar-refractivity contribution in [1.82, 2.24) is 29.0 Å². The Morgan fingerprint density at radius 3 is 2.66 bits per heavy atom. The summed E-state index contributed by atoms with van der Waals surface area (Å²) < 4.78 is 4.58. The van der Waals surface area contributed by atoms with E-state index in [1.54, 1.807) is 4.52 Å². The molecule has 8 nitrogen and oxygen atoms in total. The van der Waals surface area contributed by atoms with Gasteiger partial charge in [0.1, 0.15) is 17.8 Å². The minimum Gasteiger partial charge on any atom is -0.353 e. The molecule has 4 aromatic rings. The molecule has 0 unspecified atom stereocenters. The van der Waals surface area contributed by atoms with Crippen molar-refractivity contribution in [1.29, 1.82) is 0 Å². The van der Waals surface area contributed by atoms with E-state index in [4.69, 9.17) is 0 Å². The molecule has 1 saturated heterocycles. The highest BCUT2D eigenvalue weighted by molar-refractivity contribution is 9.10. The molecular weight excluding hydrogens is 434 g/mol. The smallest absolute Gasteiger partial charge is 0.271 e. The largest absolute Gasteiger partial charge is 0.353 e. The second kappa shape index (κ2) is 6.84. The van der Waals surface area contributed by atoms with Gasteiger partial charge in [-0.2, -0.15) is 14.6 Å². The number of anilines is 1. The van der Waals surface area contributed by atoms with Gasteiger partial charge in [-0.3, -0.25) is 4.79 Å². The Morgan fingerprint density at radius 1 is 1.14 bits per heavy atom. The monoisotopic (exact) mass is 453 g/mol. The van der Waals surface area contributed by atoms with Gasteiger partial charge in [0.25, 0.3) is 11.7 Å². The quantitative estimate of drug-likeness (QED) is 0.466. The van der Waals surface area contributed by atoms with Gasteiger partial charge in [-0.05, 0) is 28.9 Å². The molecule has 0 aliphatic carbocycles. The van der Waals surface area contributed by atoms with E-state index in [1.807, 2.05) is 53.8 Å². The number of amides is 1. The van der Waals surface area contributed by atoms with Crippen molar-refractivity contribution in [2.75, 3.05) is 31.1 Å².